The van der Waals surface area contributed by atoms with Crippen molar-refractivity contribution in [3.05, 3.63) is 77.1 Å². The van der Waals surface area contributed by atoms with Crippen LogP contribution in [0.3, 0.4) is 0 Å². The zero-order valence-corrected chi connectivity index (χ0v) is 16.5. The zero-order valence-electron chi connectivity index (χ0n) is 15.8. The largest absolute Gasteiger partial charge is 0.324 e. The van der Waals surface area contributed by atoms with Crippen molar-refractivity contribution in [1.29, 1.82) is 0 Å². The Morgan fingerprint density at radius 1 is 1.10 bits per heavy atom. The summed E-state index contributed by atoms with van der Waals surface area (Å²) < 4.78 is 13.7. The van der Waals surface area contributed by atoms with Gasteiger partial charge in [-0.15, -0.1) is 0 Å². The van der Waals surface area contributed by atoms with Gasteiger partial charge in [0, 0.05) is 18.7 Å². The summed E-state index contributed by atoms with van der Waals surface area (Å²) in [5.41, 5.74) is 1.38. The third kappa shape index (κ3) is 4.10. The van der Waals surface area contributed by atoms with Gasteiger partial charge >= 0.3 is 0 Å². The van der Waals surface area contributed by atoms with E-state index in [9.17, 15) is 14.0 Å². The number of amides is 2. The molecule has 2 amide bonds. The lowest BCUT2D eigenvalue weighted by Crippen LogP contribution is -2.43. The van der Waals surface area contributed by atoms with Crippen molar-refractivity contribution in [3.63, 3.8) is 0 Å². The monoisotopic (exact) mass is 410 g/mol. The smallest absolute Gasteiger partial charge is 0.232 e. The van der Waals surface area contributed by atoms with Crippen molar-refractivity contribution in [2.45, 2.75) is 19.3 Å². The first-order valence-electron chi connectivity index (χ1n) is 9.53. The van der Waals surface area contributed by atoms with Gasteiger partial charge in [-0.3, -0.25) is 14.5 Å². The molecule has 3 aromatic carbocycles. The maximum atomic E-state index is 13.7. The number of nitrogens with zero attached hydrogens (tertiary/aromatic N) is 2. The molecule has 1 fully saturated rings. The van der Waals surface area contributed by atoms with Crippen LogP contribution in [0, 0.1) is 5.82 Å². The lowest BCUT2D eigenvalue weighted by Gasteiger charge is -2.28. The minimum atomic E-state index is -0.547. The van der Waals surface area contributed by atoms with Crippen LogP contribution >= 0.6 is 11.6 Å². The quantitative estimate of drug-likeness (QED) is 0.607. The number of likely N-dealkylation sites (tertiary alicyclic amines) is 1. The molecule has 4 rings (SSSR count). The van der Waals surface area contributed by atoms with Gasteiger partial charge in [-0.2, -0.15) is 0 Å². The topological polar surface area (TPSA) is 40.6 Å². The summed E-state index contributed by atoms with van der Waals surface area (Å²) in [5, 5.41) is 2.01. The Labute approximate surface area is 173 Å². The first kappa shape index (κ1) is 19.4. The predicted molar refractivity (Wildman–Crippen MR) is 112 cm³/mol. The second-order valence-electron chi connectivity index (χ2n) is 7.14. The average molecular weight is 411 g/mol. The van der Waals surface area contributed by atoms with E-state index in [-0.39, 0.29) is 29.9 Å². The maximum Gasteiger partial charge on any atom is 0.232 e. The van der Waals surface area contributed by atoms with Crippen molar-refractivity contribution in [3.8, 4) is 0 Å². The van der Waals surface area contributed by atoms with Crippen LogP contribution in [0.1, 0.15) is 18.4 Å². The van der Waals surface area contributed by atoms with E-state index in [4.69, 9.17) is 11.6 Å². The molecule has 1 saturated heterocycles. The highest BCUT2D eigenvalue weighted by atomic mass is 35.5. The molecular weight excluding hydrogens is 391 g/mol. The van der Waals surface area contributed by atoms with Crippen molar-refractivity contribution >= 4 is 39.9 Å². The van der Waals surface area contributed by atoms with E-state index >= 15 is 0 Å². The number of carbonyl (C=O) groups excluding carboxylic acids is 2. The second kappa shape index (κ2) is 8.21. The summed E-state index contributed by atoms with van der Waals surface area (Å²) >= 11 is 5.95. The standard InChI is InChI=1S/C23H20ClFN2O2/c24-20-14-18(10-11-21(20)25)27(15-26-12-4-9-22(26)28)23(29)13-17-7-3-6-16-5-1-2-8-19(16)17/h1-3,5-8,10-11,14H,4,9,12-13,15H2. The molecule has 3 aromatic rings. The van der Waals surface area contributed by atoms with Gasteiger partial charge in [-0.1, -0.05) is 54.1 Å². The molecule has 0 radical (unpaired) electrons. The number of hydrogen-bond donors (Lipinski definition) is 0. The lowest BCUT2D eigenvalue weighted by molar-refractivity contribution is -0.128. The van der Waals surface area contributed by atoms with Gasteiger partial charge in [0.15, 0.2) is 0 Å². The number of carbonyl (C=O) groups is 2. The summed E-state index contributed by atoms with van der Waals surface area (Å²) in [6, 6.07) is 17.9. The molecule has 0 saturated carbocycles. The predicted octanol–water partition coefficient (Wildman–Crippen LogP) is 4.79. The molecule has 0 spiro atoms. The molecule has 6 heteroatoms. The minimum Gasteiger partial charge on any atom is -0.324 e. The molecule has 148 valence electrons. The molecule has 0 N–H and O–H groups in total. The molecule has 1 aliphatic rings. The van der Waals surface area contributed by atoms with Crippen LogP contribution in [0.5, 0.6) is 0 Å². The molecule has 1 aliphatic heterocycles. The van der Waals surface area contributed by atoms with Crippen molar-refractivity contribution < 1.29 is 14.0 Å². The highest BCUT2D eigenvalue weighted by Crippen LogP contribution is 2.26. The van der Waals surface area contributed by atoms with Crippen LogP contribution in [0.2, 0.25) is 5.02 Å². The Morgan fingerprint density at radius 3 is 2.66 bits per heavy atom. The van der Waals surface area contributed by atoms with Crippen molar-refractivity contribution in [2.24, 2.45) is 0 Å². The molecule has 0 atom stereocenters. The molecule has 0 unspecified atom stereocenters. The van der Waals surface area contributed by atoms with Crippen LogP contribution in [0.15, 0.2) is 60.7 Å². The Balaban J connectivity index is 1.66. The number of hydrogen-bond acceptors (Lipinski definition) is 2. The summed E-state index contributed by atoms with van der Waals surface area (Å²) in [6.07, 6.45) is 1.42. The first-order valence-corrected chi connectivity index (χ1v) is 9.90. The third-order valence-electron chi connectivity index (χ3n) is 5.22. The van der Waals surface area contributed by atoms with E-state index in [0.29, 0.717) is 18.7 Å². The van der Waals surface area contributed by atoms with E-state index in [1.807, 2.05) is 42.5 Å². The number of anilines is 1. The maximum absolute atomic E-state index is 13.7. The molecule has 0 aliphatic carbocycles. The SMILES string of the molecule is O=C1CCCN1CN(C(=O)Cc1cccc2ccccc12)c1ccc(F)c(Cl)c1. The van der Waals surface area contributed by atoms with Crippen LogP contribution in [0.25, 0.3) is 10.8 Å². The summed E-state index contributed by atoms with van der Waals surface area (Å²) in [7, 11) is 0. The van der Waals surface area contributed by atoms with E-state index in [0.717, 1.165) is 22.8 Å². The fourth-order valence-electron chi connectivity index (χ4n) is 3.69. The average Bonchev–Trinajstić information content (AvgIpc) is 3.13. The van der Waals surface area contributed by atoms with Gasteiger partial charge in [0.25, 0.3) is 0 Å². The van der Waals surface area contributed by atoms with Gasteiger partial charge in [0.05, 0.1) is 11.4 Å². The van der Waals surface area contributed by atoms with E-state index in [2.05, 4.69) is 0 Å². The molecular formula is C23H20ClFN2O2. The highest BCUT2D eigenvalue weighted by Gasteiger charge is 2.26. The Morgan fingerprint density at radius 2 is 1.90 bits per heavy atom. The van der Waals surface area contributed by atoms with Gasteiger partial charge in [-0.05, 0) is 41.0 Å². The van der Waals surface area contributed by atoms with Crippen LogP contribution < -0.4 is 4.90 Å². The highest BCUT2D eigenvalue weighted by molar-refractivity contribution is 6.31. The fourth-order valence-corrected chi connectivity index (χ4v) is 3.86. The zero-order chi connectivity index (χ0) is 20.4. The van der Waals surface area contributed by atoms with E-state index in [1.54, 1.807) is 4.90 Å². The summed E-state index contributed by atoms with van der Waals surface area (Å²) in [5.74, 6) is -0.709. The number of halogens is 2. The Bertz CT molecular complexity index is 1080. The Kier molecular flexibility index (Phi) is 5.49. The summed E-state index contributed by atoms with van der Waals surface area (Å²) in [6.45, 7) is 0.732. The van der Waals surface area contributed by atoms with Gasteiger partial charge in [0.2, 0.25) is 11.8 Å². The lowest BCUT2D eigenvalue weighted by atomic mass is 10.0. The minimum absolute atomic E-state index is 0.0150. The molecule has 0 bridgehead atoms. The Hall–Kier alpha value is -2.92. The van der Waals surface area contributed by atoms with Crippen LogP contribution in [-0.4, -0.2) is 29.9 Å². The molecule has 0 aromatic heterocycles. The van der Waals surface area contributed by atoms with E-state index < -0.39 is 5.82 Å². The third-order valence-corrected chi connectivity index (χ3v) is 5.51. The molecule has 4 nitrogen and oxygen atoms in total. The van der Waals surface area contributed by atoms with Crippen LogP contribution in [0.4, 0.5) is 10.1 Å². The van der Waals surface area contributed by atoms with Gasteiger partial charge < -0.3 is 4.90 Å². The number of rotatable bonds is 5. The normalized spacial score (nSPS) is 13.9. The van der Waals surface area contributed by atoms with Crippen molar-refractivity contribution in [2.75, 3.05) is 18.1 Å². The number of fused-ring (bicyclic) bond motifs is 1. The van der Waals surface area contributed by atoms with Crippen molar-refractivity contribution in [1.82, 2.24) is 4.90 Å². The van der Waals surface area contributed by atoms with Crippen LogP contribution in [-0.2, 0) is 16.0 Å². The van der Waals surface area contributed by atoms with E-state index in [1.165, 1.54) is 23.1 Å². The summed E-state index contributed by atoms with van der Waals surface area (Å²) in [4.78, 5) is 28.6. The molecule has 29 heavy (non-hydrogen) atoms. The first-order chi connectivity index (χ1) is 14.0. The molecule has 1 heterocycles. The van der Waals surface area contributed by atoms with Gasteiger partial charge in [0.1, 0.15) is 12.5 Å². The fraction of sp³-hybridized carbons (Fsp3) is 0.217. The second-order valence-corrected chi connectivity index (χ2v) is 7.54. The number of benzene rings is 3. The van der Waals surface area contributed by atoms with Gasteiger partial charge in [-0.25, -0.2) is 4.39 Å².